The summed E-state index contributed by atoms with van der Waals surface area (Å²) in [4.78, 5) is 41.1. The van der Waals surface area contributed by atoms with Gasteiger partial charge in [-0.25, -0.2) is 18.4 Å². The monoisotopic (exact) mass is 810 g/mol. The lowest BCUT2D eigenvalue weighted by Crippen LogP contribution is -2.65. The number of alkyl carbamates (subject to hydrolysis) is 1. The van der Waals surface area contributed by atoms with Crippen molar-refractivity contribution in [3.8, 4) is 17.2 Å². The lowest BCUT2D eigenvalue weighted by molar-refractivity contribution is -0.199. The van der Waals surface area contributed by atoms with Gasteiger partial charge in [0, 0.05) is 5.56 Å². The Balaban J connectivity index is 1.61. The fourth-order valence-electron chi connectivity index (χ4n) is 8.25. The number of rotatable bonds is 11. The highest BCUT2D eigenvalue weighted by atomic mass is 35.5. The molecular weight excluding hydrogens is 760 g/mol. The largest absolute Gasteiger partial charge is 0.495 e. The van der Waals surface area contributed by atoms with Crippen LogP contribution in [0.25, 0.3) is 0 Å². The molecule has 0 aromatic heterocycles. The lowest BCUT2D eigenvalue weighted by atomic mass is 9.43. The first kappa shape index (κ1) is 43.2. The Hall–Kier alpha value is -3.89. The van der Waals surface area contributed by atoms with Gasteiger partial charge in [-0.15, -0.1) is 0 Å². The molecule has 4 aliphatic rings. The Labute approximate surface area is 330 Å². The van der Waals surface area contributed by atoms with E-state index in [1.807, 2.05) is 6.92 Å². The zero-order valence-electron chi connectivity index (χ0n) is 33.8. The first-order valence-corrected chi connectivity index (χ1v) is 18.8. The second-order valence-corrected chi connectivity index (χ2v) is 17.7. The molecule has 1 saturated heterocycles. The van der Waals surface area contributed by atoms with E-state index in [0.717, 1.165) is 26.7 Å². The van der Waals surface area contributed by atoms with Gasteiger partial charge in [0.1, 0.15) is 34.4 Å². The van der Waals surface area contributed by atoms with Crippen LogP contribution in [0, 0.1) is 34.7 Å². The van der Waals surface area contributed by atoms with Crippen molar-refractivity contribution < 1.29 is 60.5 Å². The van der Waals surface area contributed by atoms with E-state index < -0.39 is 99.0 Å². The molecule has 3 aliphatic carbocycles. The van der Waals surface area contributed by atoms with E-state index in [0.29, 0.717) is 12.3 Å². The topological polar surface area (TPSA) is 140 Å². The fourth-order valence-corrected chi connectivity index (χ4v) is 8.61. The van der Waals surface area contributed by atoms with Gasteiger partial charge in [0.05, 0.1) is 44.0 Å². The molecule has 0 spiro atoms. The number of hydrogen-bond donors (Lipinski definition) is 2. The molecule has 17 heteroatoms. The molecule has 1 aliphatic heterocycles. The average Bonchev–Trinajstić information content (AvgIpc) is 3.45. The standard InChI is InChI=1S/C39H51BClF3N2O10/c1-36(2,3)53-34(48)24-20(42)14-13-18(30(24)50-10)15-23(40-55-22-17-19-16-21(38(19,7)8)39(22,9)56-40)45-33(47)29(46-35(49)54-37(4,5)6)25-26(41)31(51-11)32(52-12)28(44)27(25)43/h13-14,19,21-23,29H,15-17H2,1-12H3,(H,45,47)(H,46,49)/t19-,21-,22+,23-,29?,39-/m0/s1. The van der Waals surface area contributed by atoms with Crippen LogP contribution in [0.3, 0.4) is 0 Å². The molecule has 2 bridgehead atoms. The SMILES string of the molecule is COc1c(F)c(F)c(C(NC(=O)OC(C)(C)C)C(=O)N[C@@H](Cc2ccc(F)c(C(=O)OC(C)(C)C)c2OC)B2O[C@@H]3C[C@@H]4C[C@@H](C4(C)C)[C@]3(C)O2)c(Cl)c1OC. The van der Waals surface area contributed by atoms with Crippen LogP contribution in [0.2, 0.25) is 5.02 Å². The van der Waals surface area contributed by atoms with Crippen LogP contribution in [-0.2, 0) is 30.0 Å². The van der Waals surface area contributed by atoms with E-state index in [4.69, 9.17) is 44.6 Å². The number of hydrogen-bond acceptors (Lipinski definition) is 10. The van der Waals surface area contributed by atoms with Crippen molar-refractivity contribution in [3.63, 3.8) is 0 Å². The zero-order valence-corrected chi connectivity index (χ0v) is 34.6. The molecule has 4 fully saturated rings. The maximum atomic E-state index is 16.0. The Morgan fingerprint density at radius 2 is 1.50 bits per heavy atom. The van der Waals surface area contributed by atoms with Crippen molar-refractivity contribution in [1.82, 2.24) is 10.6 Å². The molecule has 1 heterocycles. The number of halogens is 4. The van der Waals surface area contributed by atoms with Gasteiger partial charge in [0.2, 0.25) is 17.5 Å². The first-order valence-electron chi connectivity index (χ1n) is 18.4. The van der Waals surface area contributed by atoms with Gasteiger partial charge >= 0.3 is 19.2 Å². The summed E-state index contributed by atoms with van der Waals surface area (Å²) in [6.45, 7) is 15.9. The molecule has 6 rings (SSSR count). The van der Waals surface area contributed by atoms with Crippen LogP contribution in [0.4, 0.5) is 18.0 Å². The Morgan fingerprint density at radius 1 is 0.893 bits per heavy atom. The molecule has 6 atom stereocenters. The number of benzene rings is 2. The Kier molecular flexibility index (Phi) is 11.9. The van der Waals surface area contributed by atoms with Crippen LogP contribution in [0.15, 0.2) is 12.1 Å². The van der Waals surface area contributed by atoms with Crippen molar-refractivity contribution in [2.45, 2.75) is 116 Å². The number of nitrogens with one attached hydrogen (secondary N) is 2. The van der Waals surface area contributed by atoms with Crippen molar-refractivity contribution in [2.75, 3.05) is 21.3 Å². The molecule has 1 unspecified atom stereocenters. The van der Waals surface area contributed by atoms with Gasteiger partial charge in [-0.1, -0.05) is 31.5 Å². The molecule has 12 nitrogen and oxygen atoms in total. The summed E-state index contributed by atoms with van der Waals surface area (Å²) in [6, 6.07) is 0.411. The van der Waals surface area contributed by atoms with Gasteiger partial charge in [-0.2, -0.15) is 4.39 Å². The number of carbonyl (C=O) groups is 3. The van der Waals surface area contributed by atoms with Crippen molar-refractivity contribution in [3.05, 3.63) is 51.3 Å². The zero-order chi connectivity index (χ0) is 41.9. The van der Waals surface area contributed by atoms with Crippen molar-refractivity contribution >= 4 is 36.7 Å². The lowest BCUT2D eigenvalue weighted by Gasteiger charge is -2.64. The Morgan fingerprint density at radius 3 is 2.05 bits per heavy atom. The Bertz CT molecular complexity index is 1890. The third-order valence-electron chi connectivity index (χ3n) is 11.0. The van der Waals surface area contributed by atoms with Gasteiger partial charge in [-0.3, -0.25) is 4.79 Å². The van der Waals surface area contributed by atoms with E-state index in [-0.39, 0.29) is 35.2 Å². The fraction of sp³-hybridized carbons (Fsp3) is 0.615. The number of carbonyl (C=O) groups excluding carboxylic acids is 3. The minimum Gasteiger partial charge on any atom is -0.495 e. The number of esters is 1. The van der Waals surface area contributed by atoms with Gasteiger partial charge in [0.25, 0.3) is 0 Å². The highest BCUT2D eigenvalue weighted by molar-refractivity contribution is 6.48. The molecular formula is C39H51BClF3N2O10. The number of amides is 2. The first-order chi connectivity index (χ1) is 25.9. The second-order valence-electron chi connectivity index (χ2n) is 17.3. The predicted octanol–water partition coefficient (Wildman–Crippen LogP) is 7.30. The molecule has 2 aromatic carbocycles. The predicted molar refractivity (Wildman–Crippen MR) is 200 cm³/mol. The quantitative estimate of drug-likeness (QED) is 0.135. The second kappa shape index (κ2) is 15.5. The molecule has 2 aromatic rings. The molecule has 0 radical (unpaired) electrons. The highest BCUT2D eigenvalue weighted by Crippen LogP contribution is 2.65. The summed E-state index contributed by atoms with van der Waals surface area (Å²) >= 11 is 6.59. The van der Waals surface area contributed by atoms with E-state index in [2.05, 4.69) is 24.5 Å². The highest BCUT2D eigenvalue weighted by Gasteiger charge is 2.68. The smallest absolute Gasteiger partial charge is 0.482 e. The molecule has 2 amide bonds. The van der Waals surface area contributed by atoms with E-state index in [9.17, 15) is 14.4 Å². The van der Waals surface area contributed by atoms with Crippen molar-refractivity contribution in [1.29, 1.82) is 0 Å². The van der Waals surface area contributed by atoms with E-state index in [1.54, 1.807) is 41.5 Å². The summed E-state index contributed by atoms with van der Waals surface area (Å²) < 4.78 is 86.9. The minimum absolute atomic E-state index is 0.0427. The van der Waals surface area contributed by atoms with Gasteiger partial charge in [-0.05, 0) is 96.6 Å². The maximum absolute atomic E-state index is 16.0. The molecule has 2 N–H and O–H groups in total. The van der Waals surface area contributed by atoms with Crippen LogP contribution < -0.4 is 24.8 Å². The third-order valence-corrected chi connectivity index (χ3v) is 11.3. The molecule has 3 saturated carbocycles. The summed E-state index contributed by atoms with van der Waals surface area (Å²) in [5.74, 6) is -8.05. The van der Waals surface area contributed by atoms with E-state index >= 15 is 13.2 Å². The van der Waals surface area contributed by atoms with Gasteiger partial charge < -0.3 is 43.6 Å². The summed E-state index contributed by atoms with van der Waals surface area (Å²) in [7, 11) is 2.31. The van der Waals surface area contributed by atoms with Crippen LogP contribution in [0.5, 0.6) is 17.2 Å². The third kappa shape index (κ3) is 8.11. The average molecular weight is 811 g/mol. The summed E-state index contributed by atoms with van der Waals surface area (Å²) in [5, 5.41) is 4.56. The van der Waals surface area contributed by atoms with Gasteiger partial charge in [0.15, 0.2) is 11.6 Å². The maximum Gasteiger partial charge on any atom is 0.482 e. The number of methoxy groups -OCH3 is 3. The van der Waals surface area contributed by atoms with Crippen LogP contribution >= 0.6 is 11.6 Å². The molecule has 308 valence electrons. The summed E-state index contributed by atoms with van der Waals surface area (Å²) in [6.07, 6.45) is -0.113. The number of ether oxygens (including phenoxy) is 5. The normalized spacial score (nSPS) is 23.6. The van der Waals surface area contributed by atoms with E-state index in [1.165, 1.54) is 13.2 Å². The summed E-state index contributed by atoms with van der Waals surface area (Å²) in [5.41, 5.74) is -3.85. The van der Waals surface area contributed by atoms with Crippen molar-refractivity contribution in [2.24, 2.45) is 17.3 Å². The van der Waals surface area contributed by atoms with Crippen LogP contribution in [-0.4, -0.2) is 75.3 Å². The molecule has 56 heavy (non-hydrogen) atoms. The minimum atomic E-state index is -2.03. The van der Waals surface area contributed by atoms with Crippen LogP contribution in [0.1, 0.15) is 103 Å².